The Morgan fingerprint density at radius 2 is 1.29 bits per heavy atom. The number of ether oxygens (including phenoxy) is 2. The van der Waals surface area contributed by atoms with E-state index >= 15 is 0 Å². The molecule has 120 valence electrons. The maximum Gasteiger partial charge on any atom is 0.112 e. The molecule has 3 aromatic carbocycles. The number of epoxide rings is 1. The molecule has 1 heterocycles. The molecule has 0 bridgehead atoms. The van der Waals surface area contributed by atoms with Crippen molar-refractivity contribution in [3.8, 4) is 22.3 Å². The third-order valence-corrected chi connectivity index (χ3v) is 4.41. The van der Waals surface area contributed by atoms with Gasteiger partial charge in [-0.15, -0.1) is 0 Å². The molecule has 3 aromatic rings. The molecule has 1 aliphatic rings. The SMILES string of the molecule is COC[C@@H]1O[C@@H]1c1cc(-c2ccccc2)cc(-c2ccccc2)c1. The summed E-state index contributed by atoms with van der Waals surface area (Å²) >= 11 is 0. The van der Waals surface area contributed by atoms with Crippen molar-refractivity contribution in [2.45, 2.75) is 12.2 Å². The van der Waals surface area contributed by atoms with Gasteiger partial charge >= 0.3 is 0 Å². The maximum atomic E-state index is 5.80. The Balaban J connectivity index is 1.77. The smallest absolute Gasteiger partial charge is 0.112 e. The molecule has 0 saturated carbocycles. The van der Waals surface area contributed by atoms with Crippen molar-refractivity contribution < 1.29 is 9.47 Å². The third-order valence-electron chi connectivity index (χ3n) is 4.41. The van der Waals surface area contributed by atoms with Gasteiger partial charge in [0, 0.05) is 7.11 Å². The minimum atomic E-state index is 0.135. The van der Waals surface area contributed by atoms with Crippen LogP contribution in [0.15, 0.2) is 78.9 Å². The molecule has 4 rings (SSSR count). The van der Waals surface area contributed by atoms with Gasteiger partial charge in [-0.05, 0) is 46.0 Å². The Labute approximate surface area is 142 Å². The summed E-state index contributed by atoms with van der Waals surface area (Å²) in [5.74, 6) is 0. The Morgan fingerprint density at radius 3 is 1.79 bits per heavy atom. The van der Waals surface area contributed by atoms with Crippen LogP contribution >= 0.6 is 0 Å². The van der Waals surface area contributed by atoms with E-state index < -0.39 is 0 Å². The fourth-order valence-electron chi connectivity index (χ4n) is 3.14. The van der Waals surface area contributed by atoms with Crippen LogP contribution in [0.5, 0.6) is 0 Å². The summed E-state index contributed by atoms with van der Waals surface area (Å²) in [6, 6.07) is 27.7. The lowest BCUT2D eigenvalue weighted by molar-refractivity contribution is 0.171. The van der Waals surface area contributed by atoms with E-state index in [0.717, 1.165) is 0 Å². The molecule has 24 heavy (non-hydrogen) atoms. The van der Waals surface area contributed by atoms with Gasteiger partial charge in [0.1, 0.15) is 12.2 Å². The van der Waals surface area contributed by atoms with Gasteiger partial charge in [0.2, 0.25) is 0 Å². The van der Waals surface area contributed by atoms with Crippen LogP contribution in [0.2, 0.25) is 0 Å². The minimum Gasteiger partial charge on any atom is -0.382 e. The first-order valence-corrected chi connectivity index (χ1v) is 8.25. The lowest BCUT2D eigenvalue weighted by Gasteiger charge is -2.10. The van der Waals surface area contributed by atoms with E-state index in [9.17, 15) is 0 Å². The van der Waals surface area contributed by atoms with E-state index in [1.165, 1.54) is 27.8 Å². The average molecular weight is 316 g/mol. The van der Waals surface area contributed by atoms with Gasteiger partial charge in [-0.1, -0.05) is 60.7 Å². The van der Waals surface area contributed by atoms with E-state index in [1.807, 2.05) is 12.1 Å². The van der Waals surface area contributed by atoms with Crippen LogP contribution in [0.1, 0.15) is 11.7 Å². The number of hydrogen-bond acceptors (Lipinski definition) is 2. The van der Waals surface area contributed by atoms with Crippen molar-refractivity contribution in [1.29, 1.82) is 0 Å². The van der Waals surface area contributed by atoms with Gasteiger partial charge in [0.05, 0.1) is 6.61 Å². The first kappa shape index (κ1) is 15.1. The molecule has 0 radical (unpaired) electrons. The molecule has 0 amide bonds. The fraction of sp³-hybridized carbons (Fsp3) is 0.182. The first-order valence-electron chi connectivity index (χ1n) is 8.25. The largest absolute Gasteiger partial charge is 0.382 e. The first-order chi connectivity index (χ1) is 11.8. The molecule has 2 heteroatoms. The van der Waals surface area contributed by atoms with E-state index in [2.05, 4.69) is 66.7 Å². The Bertz CT molecular complexity index is 754. The van der Waals surface area contributed by atoms with Crippen molar-refractivity contribution in [1.82, 2.24) is 0 Å². The van der Waals surface area contributed by atoms with Gasteiger partial charge in [-0.2, -0.15) is 0 Å². The van der Waals surface area contributed by atoms with Crippen molar-refractivity contribution in [2.75, 3.05) is 13.7 Å². The predicted molar refractivity (Wildman–Crippen MR) is 96.8 cm³/mol. The summed E-state index contributed by atoms with van der Waals surface area (Å²) < 4.78 is 11.0. The second-order valence-corrected chi connectivity index (χ2v) is 6.13. The second-order valence-electron chi connectivity index (χ2n) is 6.13. The maximum absolute atomic E-state index is 5.80. The van der Waals surface area contributed by atoms with Crippen LogP contribution in [0.4, 0.5) is 0 Å². The highest BCUT2D eigenvalue weighted by atomic mass is 16.6. The Kier molecular flexibility index (Phi) is 4.16. The standard InChI is InChI=1S/C22H20O2/c1-23-15-21-22(24-21)20-13-18(16-8-4-2-5-9-16)12-19(14-20)17-10-6-3-7-11-17/h2-14,21-22H,15H2,1H3/t21-,22+/m0/s1. The van der Waals surface area contributed by atoms with Crippen molar-refractivity contribution >= 4 is 0 Å². The summed E-state index contributed by atoms with van der Waals surface area (Å²) in [4.78, 5) is 0. The Hall–Kier alpha value is -2.42. The van der Waals surface area contributed by atoms with Gasteiger partial charge < -0.3 is 9.47 Å². The molecule has 2 atom stereocenters. The quantitative estimate of drug-likeness (QED) is 0.610. The van der Waals surface area contributed by atoms with Crippen molar-refractivity contribution in [3.63, 3.8) is 0 Å². The van der Waals surface area contributed by atoms with E-state index in [-0.39, 0.29) is 12.2 Å². The zero-order valence-electron chi connectivity index (χ0n) is 13.7. The van der Waals surface area contributed by atoms with E-state index in [0.29, 0.717) is 6.61 Å². The summed E-state index contributed by atoms with van der Waals surface area (Å²) in [6.07, 6.45) is 0.306. The summed E-state index contributed by atoms with van der Waals surface area (Å²) in [7, 11) is 1.72. The third kappa shape index (κ3) is 3.12. The lowest BCUT2D eigenvalue weighted by Crippen LogP contribution is -1.99. The number of benzene rings is 3. The Morgan fingerprint density at radius 1 is 0.750 bits per heavy atom. The predicted octanol–water partition coefficient (Wildman–Crippen LogP) is 5.11. The van der Waals surface area contributed by atoms with Gasteiger partial charge in [0.15, 0.2) is 0 Å². The molecule has 0 aliphatic carbocycles. The topological polar surface area (TPSA) is 21.8 Å². The van der Waals surface area contributed by atoms with Gasteiger partial charge in [0.25, 0.3) is 0 Å². The van der Waals surface area contributed by atoms with E-state index in [1.54, 1.807) is 7.11 Å². The van der Waals surface area contributed by atoms with Crippen LogP contribution < -0.4 is 0 Å². The van der Waals surface area contributed by atoms with Gasteiger partial charge in [-0.25, -0.2) is 0 Å². The highest BCUT2D eigenvalue weighted by molar-refractivity contribution is 5.74. The van der Waals surface area contributed by atoms with Crippen LogP contribution in [0, 0.1) is 0 Å². The van der Waals surface area contributed by atoms with Gasteiger partial charge in [-0.3, -0.25) is 0 Å². The number of rotatable bonds is 5. The summed E-state index contributed by atoms with van der Waals surface area (Å²) in [5.41, 5.74) is 6.11. The molecular weight excluding hydrogens is 296 g/mol. The van der Waals surface area contributed by atoms with Crippen LogP contribution in [-0.4, -0.2) is 19.8 Å². The molecule has 0 aromatic heterocycles. The highest BCUT2D eigenvalue weighted by Gasteiger charge is 2.40. The summed E-state index contributed by atoms with van der Waals surface area (Å²) in [6.45, 7) is 0.640. The molecule has 1 fully saturated rings. The lowest BCUT2D eigenvalue weighted by atomic mass is 9.94. The fourth-order valence-corrected chi connectivity index (χ4v) is 3.14. The minimum absolute atomic E-state index is 0.135. The molecule has 1 aliphatic heterocycles. The molecule has 0 spiro atoms. The number of methoxy groups -OCH3 is 1. The molecule has 1 saturated heterocycles. The summed E-state index contributed by atoms with van der Waals surface area (Å²) in [5, 5.41) is 0. The molecule has 2 nitrogen and oxygen atoms in total. The van der Waals surface area contributed by atoms with Crippen LogP contribution in [-0.2, 0) is 9.47 Å². The molecule has 0 unspecified atom stereocenters. The van der Waals surface area contributed by atoms with Crippen LogP contribution in [0.3, 0.4) is 0 Å². The molecular formula is C22H20O2. The normalized spacial score (nSPS) is 19.2. The zero-order valence-corrected chi connectivity index (χ0v) is 13.7. The molecule has 0 N–H and O–H groups in total. The second kappa shape index (κ2) is 6.60. The van der Waals surface area contributed by atoms with E-state index in [4.69, 9.17) is 9.47 Å². The van der Waals surface area contributed by atoms with Crippen LogP contribution in [0.25, 0.3) is 22.3 Å². The zero-order chi connectivity index (χ0) is 16.4. The van der Waals surface area contributed by atoms with Crippen molar-refractivity contribution in [2.24, 2.45) is 0 Å². The highest BCUT2D eigenvalue weighted by Crippen LogP contribution is 2.41. The average Bonchev–Trinajstić information content (AvgIpc) is 3.43. The number of hydrogen-bond donors (Lipinski definition) is 0. The monoisotopic (exact) mass is 316 g/mol. The van der Waals surface area contributed by atoms with Crippen molar-refractivity contribution in [3.05, 3.63) is 84.4 Å².